The fraction of sp³-hybridized carbons (Fsp3) is 0.324. The largest absolute Gasteiger partial charge is 0.467 e. The van der Waals surface area contributed by atoms with E-state index in [1.165, 1.54) is 25.3 Å². The average molecular weight is 617 g/mol. The highest BCUT2D eigenvalue weighted by atomic mass is 35.5. The van der Waals surface area contributed by atoms with Crippen LogP contribution in [-0.4, -0.2) is 54.5 Å². The van der Waals surface area contributed by atoms with Crippen LogP contribution in [0.1, 0.15) is 44.4 Å². The van der Waals surface area contributed by atoms with Gasteiger partial charge >= 0.3 is 18.0 Å². The van der Waals surface area contributed by atoms with Gasteiger partial charge in [0.2, 0.25) is 0 Å². The molecule has 228 valence electrons. The van der Waals surface area contributed by atoms with Crippen molar-refractivity contribution in [2.45, 2.75) is 50.7 Å². The Morgan fingerprint density at radius 2 is 1.61 bits per heavy atom. The summed E-state index contributed by atoms with van der Waals surface area (Å²) in [6.45, 7) is 6.63. The van der Waals surface area contributed by atoms with Crippen LogP contribution in [0.25, 0.3) is 0 Å². The summed E-state index contributed by atoms with van der Waals surface area (Å²) in [7, 11) is 1.20. The minimum absolute atomic E-state index is 0.0406. The van der Waals surface area contributed by atoms with E-state index in [0.717, 1.165) is 4.90 Å². The third-order valence-corrected chi connectivity index (χ3v) is 8.00. The lowest BCUT2D eigenvalue weighted by Crippen LogP contribution is -2.60. The molecule has 0 radical (unpaired) electrons. The number of rotatable bonds is 6. The van der Waals surface area contributed by atoms with E-state index in [-0.39, 0.29) is 35.0 Å². The normalized spacial score (nSPS) is 22.4. The number of anilines is 1. The smallest absolute Gasteiger partial charge is 0.421 e. The maximum Gasteiger partial charge on any atom is 0.421 e. The molecule has 0 saturated carbocycles. The van der Waals surface area contributed by atoms with E-state index in [2.05, 4.69) is 0 Å². The van der Waals surface area contributed by atoms with Crippen LogP contribution in [0, 0.1) is 5.92 Å². The van der Waals surface area contributed by atoms with E-state index in [0.29, 0.717) is 11.1 Å². The Kier molecular flexibility index (Phi) is 8.11. The number of hydrogen-bond donors (Lipinski definition) is 0. The number of aliphatic imine (C=N–C) groups is 1. The number of halogens is 1. The third kappa shape index (κ3) is 4.95. The van der Waals surface area contributed by atoms with Gasteiger partial charge in [0, 0.05) is 17.0 Å². The number of nitrogens with zero attached hydrogens (tertiary/aromatic N) is 2. The molecule has 3 aromatic rings. The van der Waals surface area contributed by atoms with Gasteiger partial charge in [-0.05, 0) is 57.0 Å². The SMILES string of the molecule is CCOC(=O)C1C2(C(=O)N(C(=O)OC(C)(C)C)c3ccc(Cl)cc32)C(c2ccccc2)=N[C@]1(Cc1ccccc1)C(=O)OC. The zero-order valence-corrected chi connectivity index (χ0v) is 25.9. The first-order valence-corrected chi connectivity index (χ1v) is 14.6. The molecule has 0 fully saturated rings. The van der Waals surface area contributed by atoms with Crippen LogP contribution in [0.15, 0.2) is 83.9 Å². The summed E-state index contributed by atoms with van der Waals surface area (Å²) < 4.78 is 16.6. The van der Waals surface area contributed by atoms with Crippen LogP contribution in [-0.2, 0) is 40.4 Å². The van der Waals surface area contributed by atoms with Gasteiger partial charge in [0.05, 0.1) is 25.1 Å². The molecule has 2 aliphatic heterocycles. The van der Waals surface area contributed by atoms with E-state index in [9.17, 15) is 14.4 Å². The molecular weight excluding hydrogens is 584 g/mol. The fourth-order valence-electron chi connectivity index (χ4n) is 6.21. The highest BCUT2D eigenvalue weighted by Crippen LogP contribution is 2.58. The Morgan fingerprint density at radius 3 is 2.20 bits per heavy atom. The molecule has 3 aromatic carbocycles. The molecular formula is C34H33ClN2O7. The molecule has 44 heavy (non-hydrogen) atoms. The molecule has 2 heterocycles. The van der Waals surface area contributed by atoms with Crippen molar-refractivity contribution < 1.29 is 33.4 Å². The molecule has 2 unspecified atom stereocenters. The van der Waals surface area contributed by atoms with Crippen molar-refractivity contribution in [2.75, 3.05) is 18.6 Å². The summed E-state index contributed by atoms with van der Waals surface area (Å²) in [5.74, 6) is -4.09. The van der Waals surface area contributed by atoms with Gasteiger partial charge in [-0.1, -0.05) is 72.3 Å². The van der Waals surface area contributed by atoms with Crippen LogP contribution >= 0.6 is 11.6 Å². The van der Waals surface area contributed by atoms with Gasteiger partial charge in [0.15, 0.2) is 5.54 Å². The molecule has 0 saturated heterocycles. The van der Waals surface area contributed by atoms with Crippen LogP contribution in [0.3, 0.4) is 0 Å². The summed E-state index contributed by atoms with van der Waals surface area (Å²) in [6, 6.07) is 22.4. The minimum Gasteiger partial charge on any atom is -0.467 e. The van der Waals surface area contributed by atoms with E-state index in [1.807, 2.05) is 6.07 Å². The molecule has 1 spiro atoms. The van der Waals surface area contributed by atoms with Crippen LogP contribution in [0.4, 0.5) is 10.5 Å². The van der Waals surface area contributed by atoms with Crippen molar-refractivity contribution in [1.82, 2.24) is 0 Å². The van der Waals surface area contributed by atoms with E-state index < -0.39 is 46.4 Å². The number of ether oxygens (including phenoxy) is 3. The number of amides is 2. The first-order valence-electron chi connectivity index (χ1n) is 14.2. The Hall–Kier alpha value is -4.50. The third-order valence-electron chi connectivity index (χ3n) is 7.76. The lowest BCUT2D eigenvalue weighted by molar-refractivity contribution is -0.162. The standard InChI is InChI=1S/C34H33ClN2O7/c1-6-43-28(38)26-33(30(40)42-5,20-21-13-9-7-10-14-21)36-27(22-15-11-8-12-16-22)34(26)24-19-23(35)17-18-25(24)37(29(34)39)31(41)44-32(2,3)4/h7-19,26H,6,20H2,1-5H3/t26?,33-,34?/m0/s1. The molecule has 0 aliphatic carbocycles. The van der Waals surface area contributed by atoms with Crippen molar-refractivity contribution in [3.8, 4) is 0 Å². The van der Waals surface area contributed by atoms with E-state index >= 15 is 4.79 Å². The number of methoxy groups -OCH3 is 1. The van der Waals surface area contributed by atoms with E-state index in [4.69, 9.17) is 30.8 Å². The van der Waals surface area contributed by atoms with Crippen molar-refractivity contribution in [2.24, 2.45) is 10.9 Å². The number of hydrogen-bond acceptors (Lipinski definition) is 8. The number of imide groups is 1. The summed E-state index contributed by atoms with van der Waals surface area (Å²) >= 11 is 6.55. The summed E-state index contributed by atoms with van der Waals surface area (Å²) in [4.78, 5) is 63.2. The predicted octanol–water partition coefficient (Wildman–Crippen LogP) is 5.70. The monoisotopic (exact) mass is 616 g/mol. The number of carbonyl (C=O) groups excluding carboxylic acids is 4. The van der Waals surface area contributed by atoms with Gasteiger partial charge in [-0.3, -0.25) is 14.6 Å². The van der Waals surface area contributed by atoms with Crippen molar-refractivity contribution in [3.63, 3.8) is 0 Å². The second kappa shape index (κ2) is 11.5. The van der Waals surface area contributed by atoms with E-state index in [1.54, 1.807) is 82.3 Å². The molecule has 2 amide bonds. The number of fused-ring (bicyclic) bond motifs is 2. The van der Waals surface area contributed by atoms with Gasteiger partial charge in [-0.2, -0.15) is 0 Å². The Labute approximate surface area is 260 Å². The predicted molar refractivity (Wildman–Crippen MR) is 165 cm³/mol. The molecule has 0 bridgehead atoms. The first kappa shape index (κ1) is 30.9. The first-order chi connectivity index (χ1) is 20.9. The highest BCUT2D eigenvalue weighted by Gasteiger charge is 2.74. The van der Waals surface area contributed by atoms with Crippen LogP contribution < -0.4 is 4.90 Å². The average Bonchev–Trinajstić information content (AvgIpc) is 3.43. The van der Waals surface area contributed by atoms with Crippen LogP contribution in [0.5, 0.6) is 0 Å². The molecule has 0 aromatic heterocycles. The van der Waals surface area contributed by atoms with Crippen molar-refractivity contribution in [1.29, 1.82) is 0 Å². The minimum atomic E-state index is -2.02. The maximum atomic E-state index is 15.1. The van der Waals surface area contributed by atoms with Crippen molar-refractivity contribution in [3.05, 3.63) is 101 Å². The molecule has 9 nitrogen and oxygen atoms in total. The quantitative estimate of drug-likeness (QED) is 0.258. The summed E-state index contributed by atoms with van der Waals surface area (Å²) in [6.07, 6.45) is -1.05. The van der Waals surface area contributed by atoms with Gasteiger partial charge in [0.25, 0.3) is 5.91 Å². The Bertz CT molecular complexity index is 1650. The lowest BCUT2D eigenvalue weighted by atomic mass is 9.61. The zero-order valence-electron chi connectivity index (χ0n) is 25.1. The molecule has 5 rings (SSSR count). The topological polar surface area (TPSA) is 112 Å². The second-order valence-corrected chi connectivity index (χ2v) is 12.1. The zero-order chi connectivity index (χ0) is 31.9. The number of carbonyl (C=O) groups is 4. The molecule has 3 atom stereocenters. The molecule has 0 N–H and O–H groups in total. The summed E-state index contributed by atoms with van der Waals surface area (Å²) in [5.41, 5.74) is -3.31. The van der Waals surface area contributed by atoms with Gasteiger partial charge in [-0.15, -0.1) is 0 Å². The highest BCUT2D eigenvalue weighted by molar-refractivity contribution is 6.37. The van der Waals surface area contributed by atoms with Crippen LogP contribution in [0.2, 0.25) is 5.02 Å². The Balaban J connectivity index is 1.90. The number of benzene rings is 3. The number of esters is 2. The maximum absolute atomic E-state index is 15.1. The van der Waals surface area contributed by atoms with Gasteiger partial charge in [0.1, 0.15) is 16.9 Å². The van der Waals surface area contributed by atoms with Gasteiger partial charge in [-0.25, -0.2) is 14.5 Å². The fourth-order valence-corrected chi connectivity index (χ4v) is 6.38. The lowest BCUT2D eigenvalue weighted by Gasteiger charge is -2.37. The Morgan fingerprint density at radius 1 is 0.977 bits per heavy atom. The second-order valence-electron chi connectivity index (χ2n) is 11.7. The summed E-state index contributed by atoms with van der Waals surface area (Å²) in [5, 5.41) is 0.246. The molecule has 2 aliphatic rings. The van der Waals surface area contributed by atoms with Gasteiger partial charge < -0.3 is 14.2 Å². The van der Waals surface area contributed by atoms with Crippen molar-refractivity contribution >= 4 is 46.9 Å². The molecule has 10 heteroatoms.